The van der Waals surface area contributed by atoms with Crippen LogP contribution in [0.3, 0.4) is 0 Å². The molecule has 1 N–H and O–H groups in total. The van der Waals surface area contributed by atoms with E-state index in [1.54, 1.807) is 21.9 Å². The van der Waals surface area contributed by atoms with Crippen molar-refractivity contribution in [2.24, 2.45) is 7.05 Å². The molecule has 1 amide bonds. The van der Waals surface area contributed by atoms with Gasteiger partial charge < -0.3 is 5.32 Å². The van der Waals surface area contributed by atoms with Crippen LogP contribution in [0, 0.1) is 13.8 Å². The van der Waals surface area contributed by atoms with Crippen LogP contribution in [-0.2, 0) is 13.6 Å². The highest BCUT2D eigenvalue weighted by Crippen LogP contribution is 2.18. The zero-order valence-electron chi connectivity index (χ0n) is 14.0. The van der Waals surface area contributed by atoms with E-state index >= 15 is 0 Å². The van der Waals surface area contributed by atoms with Gasteiger partial charge in [0.2, 0.25) is 0 Å². The first-order chi connectivity index (χ1) is 11.6. The Labute approximate surface area is 140 Å². The van der Waals surface area contributed by atoms with Gasteiger partial charge in [-0.05, 0) is 19.4 Å². The fraction of sp³-hybridized carbons (Fsp3) is 0.294. The minimum absolute atomic E-state index is 0.140. The van der Waals surface area contributed by atoms with E-state index in [1.165, 1.54) is 0 Å². The number of nitrogens with one attached hydrogen (secondary N) is 1. The van der Waals surface area contributed by atoms with Gasteiger partial charge in [0.15, 0.2) is 0 Å². The molecule has 3 aromatic rings. The van der Waals surface area contributed by atoms with Gasteiger partial charge in [-0.15, -0.1) is 0 Å². The molecule has 7 nitrogen and oxygen atoms in total. The summed E-state index contributed by atoms with van der Waals surface area (Å²) in [7, 11) is 1.83. The molecule has 0 saturated heterocycles. The monoisotopic (exact) mass is 324 g/mol. The summed E-state index contributed by atoms with van der Waals surface area (Å²) in [6.07, 6.45) is 3.25. The molecule has 0 unspecified atom stereocenters. The maximum absolute atomic E-state index is 12.8. The SMILES string of the molecule is Cc1nn(C)c(C)c1C(=O)N[C@H](Cn1nccn1)c1ccccc1. The van der Waals surface area contributed by atoms with E-state index in [0.29, 0.717) is 12.1 Å². The lowest BCUT2D eigenvalue weighted by molar-refractivity contribution is 0.0929. The van der Waals surface area contributed by atoms with Crippen molar-refractivity contribution in [1.29, 1.82) is 0 Å². The molecule has 0 bridgehead atoms. The number of carbonyl (C=O) groups excluding carboxylic acids is 1. The fourth-order valence-electron chi connectivity index (χ4n) is 2.75. The maximum Gasteiger partial charge on any atom is 0.255 e. The van der Waals surface area contributed by atoms with E-state index in [4.69, 9.17) is 0 Å². The number of aromatic nitrogens is 5. The smallest absolute Gasteiger partial charge is 0.255 e. The number of amides is 1. The number of hydrogen-bond donors (Lipinski definition) is 1. The van der Waals surface area contributed by atoms with Crippen LogP contribution in [0.2, 0.25) is 0 Å². The summed E-state index contributed by atoms with van der Waals surface area (Å²) >= 11 is 0. The number of nitrogens with zero attached hydrogens (tertiary/aromatic N) is 5. The Hall–Kier alpha value is -2.96. The van der Waals surface area contributed by atoms with E-state index < -0.39 is 0 Å². The third kappa shape index (κ3) is 3.19. The third-order valence-corrected chi connectivity index (χ3v) is 4.06. The van der Waals surface area contributed by atoms with E-state index in [2.05, 4.69) is 20.6 Å². The standard InChI is InChI=1S/C17H20N6O/c1-12-16(13(2)22(3)21-12)17(24)20-15(11-23-18-9-10-19-23)14-7-5-4-6-8-14/h4-10,15H,11H2,1-3H3,(H,20,24)/t15-/m1/s1. The Morgan fingerprint density at radius 2 is 1.83 bits per heavy atom. The van der Waals surface area contributed by atoms with Crippen LogP contribution in [0.25, 0.3) is 0 Å². The van der Waals surface area contributed by atoms with Gasteiger partial charge in [0.25, 0.3) is 5.91 Å². The molecule has 1 atom stereocenters. The number of benzene rings is 1. The van der Waals surface area contributed by atoms with Crippen molar-refractivity contribution in [3.8, 4) is 0 Å². The predicted octanol–water partition coefficient (Wildman–Crippen LogP) is 1.80. The van der Waals surface area contributed by atoms with Crippen molar-refractivity contribution in [3.05, 3.63) is 65.2 Å². The molecular formula is C17H20N6O. The molecule has 2 aromatic heterocycles. The van der Waals surface area contributed by atoms with E-state index in [9.17, 15) is 4.79 Å². The summed E-state index contributed by atoms with van der Waals surface area (Å²) in [4.78, 5) is 14.4. The molecule has 1 aromatic carbocycles. The molecule has 0 saturated carbocycles. The van der Waals surface area contributed by atoms with Gasteiger partial charge in [0.05, 0.1) is 36.2 Å². The largest absolute Gasteiger partial charge is 0.343 e. The van der Waals surface area contributed by atoms with Crippen molar-refractivity contribution in [2.75, 3.05) is 0 Å². The molecule has 0 aliphatic rings. The van der Waals surface area contributed by atoms with Crippen molar-refractivity contribution < 1.29 is 4.79 Å². The van der Waals surface area contributed by atoms with E-state index in [1.807, 2.05) is 51.2 Å². The van der Waals surface area contributed by atoms with Gasteiger partial charge in [-0.1, -0.05) is 30.3 Å². The summed E-state index contributed by atoms with van der Waals surface area (Å²) in [5.41, 5.74) is 3.18. The van der Waals surface area contributed by atoms with Crippen LogP contribution in [0.15, 0.2) is 42.7 Å². The number of aryl methyl sites for hydroxylation is 2. The topological polar surface area (TPSA) is 77.6 Å². The molecule has 0 fully saturated rings. The molecule has 24 heavy (non-hydrogen) atoms. The van der Waals surface area contributed by atoms with Gasteiger partial charge in [-0.3, -0.25) is 9.48 Å². The molecule has 0 aliphatic heterocycles. The summed E-state index contributed by atoms with van der Waals surface area (Å²) < 4.78 is 1.72. The van der Waals surface area contributed by atoms with E-state index in [0.717, 1.165) is 17.0 Å². The highest BCUT2D eigenvalue weighted by atomic mass is 16.1. The van der Waals surface area contributed by atoms with E-state index in [-0.39, 0.29) is 11.9 Å². The van der Waals surface area contributed by atoms with Crippen LogP contribution in [0.5, 0.6) is 0 Å². The summed E-state index contributed by atoms with van der Waals surface area (Å²) in [5, 5.41) is 15.7. The average molecular weight is 324 g/mol. The highest BCUT2D eigenvalue weighted by Gasteiger charge is 2.22. The summed E-state index contributed by atoms with van der Waals surface area (Å²) in [6.45, 7) is 4.19. The second-order valence-corrected chi connectivity index (χ2v) is 5.69. The molecular weight excluding hydrogens is 304 g/mol. The second kappa shape index (κ2) is 6.66. The van der Waals surface area contributed by atoms with Crippen LogP contribution in [0.1, 0.15) is 33.4 Å². The molecule has 0 aliphatic carbocycles. The second-order valence-electron chi connectivity index (χ2n) is 5.69. The highest BCUT2D eigenvalue weighted by molar-refractivity contribution is 5.96. The van der Waals surface area contributed by atoms with Crippen LogP contribution in [0.4, 0.5) is 0 Å². The Bertz CT molecular complexity index is 822. The molecule has 0 spiro atoms. The van der Waals surface area contributed by atoms with Gasteiger partial charge in [-0.25, -0.2) is 0 Å². The van der Waals surface area contributed by atoms with Crippen molar-refractivity contribution in [1.82, 2.24) is 30.1 Å². The lowest BCUT2D eigenvalue weighted by Gasteiger charge is -2.19. The predicted molar refractivity (Wildman–Crippen MR) is 89.4 cm³/mol. The summed E-state index contributed by atoms with van der Waals surface area (Å²) in [5.74, 6) is -0.140. The first-order valence-corrected chi connectivity index (χ1v) is 7.76. The van der Waals surface area contributed by atoms with Crippen molar-refractivity contribution in [2.45, 2.75) is 26.4 Å². The minimum Gasteiger partial charge on any atom is -0.343 e. The number of rotatable bonds is 5. The lowest BCUT2D eigenvalue weighted by atomic mass is 10.1. The zero-order valence-corrected chi connectivity index (χ0v) is 14.0. The third-order valence-electron chi connectivity index (χ3n) is 4.06. The number of carbonyl (C=O) groups is 1. The van der Waals surface area contributed by atoms with Crippen LogP contribution >= 0.6 is 0 Å². The fourth-order valence-corrected chi connectivity index (χ4v) is 2.75. The maximum atomic E-state index is 12.8. The molecule has 3 rings (SSSR count). The van der Waals surface area contributed by atoms with Crippen molar-refractivity contribution >= 4 is 5.91 Å². The van der Waals surface area contributed by atoms with Gasteiger partial charge in [0, 0.05) is 12.7 Å². The molecule has 7 heteroatoms. The van der Waals surface area contributed by atoms with Gasteiger partial charge in [-0.2, -0.15) is 20.1 Å². The molecule has 124 valence electrons. The zero-order chi connectivity index (χ0) is 17.1. The Morgan fingerprint density at radius 3 is 2.42 bits per heavy atom. The van der Waals surface area contributed by atoms with Crippen LogP contribution < -0.4 is 5.32 Å². The lowest BCUT2D eigenvalue weighted by Crippen LogP contribution is -2.32. The first-order valence-electron chi connectivity index (χ1n) is 7.76. The molecule has 2 heterocycles. The normalized spacial score (nSPS) is 12.1. The van der Waals surface area contributed by atoms with Gasteiger partial charge in [0.1, 0.15) is 0 Å². The van der Waals surface area contributed by atoms with Crippen LogP contribution in [-0.4, -0.2) is 30.7 Å². The molecule has 0 radical (unpaired) electrons. The summed E-state index contributed by atoms with van der Waals surface area (Å²) in [6, 6.07) is 9.58. The average Bonchev–Trinajstić information content (AvgIpc) is 3.16. The Balaban J connectivity index is 1.87. The Morgan fingerprint density at radius 1 is 1.17 bits per heavy atom. The Kier molecular flexibility index (Phi) is 4.41. The van der Waals surface area contributed by atoms with Crippen molar-refractivity contribution in [3.63, 3.8) is 0 Å². The van der Waals surface area contributed by atoms with Gasteiger partial charge >= 0.3 is 0 Å². The number of hydrogen-bond acceptors (Lipinski definition) is 4. The quantitative estimate of drug-likeness (QED) is 0.776. The first kappa shape index (κ1) is 15.9. The minimum atomic E-state index is -0.231.